The third kappa shape index (κ3) is 2.85. The Morgan fingerprint density at radius 1 is 1.62 bits per heavy atom. The second kappa shape index (κ2) is 4.82. The molecule has 1 saturated carbocycles. The summed E-state index contributed by atoms with van der Waals surface area (Å²) < 4.78 is 0. The van der Waals surface area contributed by atoms with Gasteiger partial charge in [-0.25, -0.2) is 0 Å². The first-order valence-electron chi connectivity index (χ1n) is 4.55. The van der Waals surface area contributed by atoms with Gasteiger partial charge in [0, 0.05) is 0 Å². The zero-order valence-corrected chi connectivity index (χ0v) is 8.77. The first kappa shape index (κ1) is 12.7. The first-order valence-corrected chi connectivity index (χ1v) is 4.55. The van der Waals surface area contributed by atoms with Gasteiger partial charge in [-0.05, 0) is 37.6 Å². The molecule has 0 spiro atoms. The van der Waals surface area contributed by atoms with E-state index in [1.54, 1.807) is 0 Å². The Bertz CT molecular complexity index is 180. The van der Waals surface area contributed by atoms with E-state index in [9.17, 15) is 4.79 Å². The molecule has 13 heavy (non-hydrogen) atoms. The van der Waals surface area contributed by atoms with Crippen LogP contribution in [0.15, 0.2) is 0 Å². The third-order valence-electron chi connectivity index (χ3n) is 3.06. The number of carboxylic acid groups (broad SMARTS) is 1. The third-order valence-corrected chi connectivity index (χ3v) is 3.06. The lowest BCUT2D eigenvalue weighted by Gasteiger charge is -2.18. The molecule has 78 valence electrons. The van der Waals surface area contributed by atoms with Gasteiger partial charge in [0.15, 0.2) is 0 Å². The summed E-state index contributed by atoms with van der Waals surface area (Å²) in [5.41, 5.74) is 5.49. The van der Waals surface area contributed by atoms with E-state index in [1.165, 1.54) is 0 Å². The summed E-state index contributed by atoms with van der Waals surface area (Å²) in [4.78, 5) is 10.7. The van der Waals surface area contributed by atoms with Crippen molar-refractivity contribution in [2.75, 3.05) is 6.54 Å². The molecular formula is C9H18ClNO2. The molecule has 0 radical (unpaired) electrons. The maximum Gasteiger partial charge on any atom is 0.306 e. The molecule has 0 heterocycles. The number of aliphatic carboxylic acids is 1. The number of rotatable bonds is 5. The topological polar surface area (TPSA) is 63.3 Å². The Kier molecular flexibility index (Phi) is 4.71. The van der Waals surface area contributed by atoms with Crippen molar-refractivity contribution in [1.82, 2.24) is 0 Å². The predicted molar refractivity (Wildman–Crippen MR) is 54.0 cm³/mol. The Hall–Kier alpha value is -0.280. The highest BCUT2D eigenvalue weighted by Gasteiger charge is 2.49. The number of carbonyl (C=O) groups is 1. The van der Waals surface area contributed by atoms with E-state index in [-0.39, 0.29) is 23.7 Å². The predicted octanol–water partition coefficient (Wildman–Crippen LogP) is 1.65. The molecule has 0 bridgehead atoms. The van der Waals surface area contributed by atoms with Crippen molar-refractivity contribution in [2.45, 2.75) is 32.6 Å². The van der Waals surface area contributed by atoms with Gasteiger partial charge < -0.3 is 10.8 Å². The van der Waals surface area contributed by atoms with Crippen LogP contribution >= 0.6 is 12.4 Å². The molecule has 1 aliphatic rings. The molecule has 3 nitrogen and oxygen atoms in total. The molecule has 0 amide bonds. The molecule has 0 aromatic heterocycles. The Balaban J connectivity index is 0.00000144. The van der Waals surface area contributed by atoms with E-state index in [4.69, 9.17) is 10.8 Å². The average Bonchev–Trinajstić information content (AvgIpc) is 2.80. The maximum absolute atomic E-state index is 10.7. The molecule has 1 unspecified atom stereocenters. The molecule has 1 rings (SSSR count). The molecule has 1 fully saturated rings. The van der Waals surface area contributed by atoms with Crippen molar-refractivity contribution in [3.63, 3.8) is 0 Å². The van der Waals surface area contributed by atoms with Crippen LogP contribution < -0.4 is 5.73 Å². The number of carboxylic acids is 1. The quantitative estimate of drug-likeness (QED) is 0.721. The maximum atomic E-state index is 10.7. The molecule has 0 aliphatic heterocycles. The van der Waals surface area contributed by atoms with Gasteiger partial charge in [0.05, 0.1) is 5.92 Å². The van der Waals surface area contributed by atoms with E-state index in [1.807, 2.05) is 6.92 Å². The highest BCUT2D eigenvalue weighted by Crippen LogP contribution is 2.55. The van der Waals surface area contributed by atoms with Crippen molar-refractivity contribution in [1.29, 1.82) is 0 Å². The first-order chi connectivity index (χ1) is 5.62. The van der Waals surface area contributed by atoms with E-state index < -0.39 is 5.97 Å². The van der Waals surface area contributed by atoms with Crippen LogP contribution in [0.3, 0.4) is 0 Å². The van der Waals surface area contributed by atoms with Crippen LogP contribution in [0.25, 0.3) is 0 Å². The van der Waals surface area contributed by atoms with Crippen LogP contribution in [0.1, 0.15) is 32.6 Å². The van der Waals surface area contributed by atoms with Crippen LogP contribution in [0.2, 0.25) is 0 Å². The average molecular weight is 208 g/mol. The Labute approximate surface area is 85.1 Å². The standard InChI is InChI=1S/C9H17NO2.ClH/c1-7(8(11)12)9(4-5-9)3-2-6-10;/h7H,2-6,10H2,1H3,(H,11,12);1H. The Morgan fingerprint density at radius 3 is 2.46 bits per heavy atom. The van der Waals surface area contributed by atoms with Crippen LogP contribution in [0.4, 0.5) is 0 Å². The molecule has 0 saturated heterocycles. The SMILES string of the molecule is CC(C(=O)O)C1(CCCN)CC1.Cl. The van der Waals surface area contributed by atoms with Gasteiger partial charge in [0.1, 0.15) is 0 Å². The number of nitrogens with two attached hydrogens (primary N) is 1. The summed E-state index contributed by atoms with van der Waals surface area (Å²) in [6, 6.07) is 0. The van der Waals surface area contributed by atoms with Crippen LogP contribution in [-0.4, -0.2) is 17.6 Å². The number of hydrogen-bond donors (Lipinski definition) is 2. The monoisotopic (exact) mass is 207 g/mol. The lowest BCUT2D eigenvalue weighted by Crippen LogP contribution is -2.22. The normalized spacial score (nSPS) is 20.2. The minimum Gasteiger partial charge on any atom is -0.481 e. The van der Waals surface area contributed by atoms with E-state index in [0.717, 1.165) is 25.7 Å². The van der Waals surface area contributed by atoms with Crippen molar-refractivity contribution >= 4 is 18.4 Å². The fraction of sp³-hybridized carbons (Fsp3) is 0.889. The molecule has 3 N–H and O–H groups in total. The van der Waals surface area contributed by atoms with Crippen LogP contribution in [0, 0.1) is 11.3 Å². The van der Waals surface area contributed by atoms with Gasteiger partial charge >= 0.3 is 5.97 Å². The van der Waals surface area contributed by atoms with Gasteiger partial charge in [-0.3, -0.25) is 4.79 Å². The lowest BCUT2D eigenvalue weighted by atomic mass is 9.86. The van der Waals surface area contributed by atoms with Crippen molar-refractivity contribution in [3.8, 4) is 0 Å². The minimum absolute atomic E-state index is 0. The lowest BCUT2D eigenvalue weighted by molar-refractivity contribution is -0.143. The van der Waals surface area contributed by atoms with E-state index in [0.29, 0.717) is 6.54 Å². The molecule has 0 aromatic rings. The van der Waals surface area contributed by atoms with Crippen LogP contribution in [0.5, 0.6) is 0 Å². The Morgan fingerprint density at radius 2 is 2.15 bits per heavy atom. The molecule has 4 heteroatoms. The minimum atomic E-state index is -0.662. The van der Waals surface area contributed by atoms with E-state index >= 15 is 0 Å². The summed E-state index contributed by atoms with van der Waals surface area (Å²) in [6.07, 6.45) is 4.08. The largest absolute Gasteiger partial charge is 0.481 e. The zero-order chi connectivity index (χ0) is 9.19. The molecular weight excluding hydrogens is 190 g/mol. The molecule has 1 aliphatic carbocycles. The van der Waals surface area contributed by atoms with Gasteiger partial charge in [0.2, 0.25) is 0 Å². The van der Waals surface area contributed by atoms with Crippen molar-refractivity contribution in [2.24, 2.45) is 17.1 Å². The van der Waals surface area contributed by atoms with Gasteiger partial charge in [-0.1, -0.05) is 6.92 Å². The fourth-order valence-electron chi connectivity index (χ4n) is 1.78. The van der Waals surface area contributed by atoms with Gasteiger partial charge in [-0.2, -0.15) is 0 Å². The summed E-state index contributed by atoms with van der Waals surface area (Å²) in [5.74, 6) is -0.853. The highest BCUT2D eigenvalue weighted by molar-refractivity contribution is 5.85. The number of hydrogen-bond acceptors (Lipinski definition) is 2. The molecule has 0 aromatic carbocycles. The summed E-state index contributed by atoms with van der Waals surface area (Å²) in [6.45, 7) is 2.49. The summed E-state index contributed by atoms with van der Waals surface area (Å²) in [7, 11) is 0. The second-order valence-electron chi connectivity index (χ2n) is 3.81. The summed E-state index contributed by atoms with van der Waals surface area (Å²) in [5, 5.41) is 8.83. The smallest absolute Gasteiger partial charge is 0.306 e. The summed E-state index contributed by atoms with van der Waals surface area (Å²) >= 11 is 0. The van der Waals surface area contributed by atoms with Crippen molar-refractivity contribution < 1.29 is 9.90 Å². The number of halogens is 1. The fourth-order valence-corrected chi connectivity index (χ4v) is 1.78. The second-order valence-corrected chi connectivity index (χ2v) is 3.81. The zero-order valence-electron chi connectivity index (χ0n) is 7.95. The van der Waals surface area contributed by atoms with Crippen LogP contribution in [-0.2, 0) is 4.79 Å². The van der Waals surface area contributed by atoms with E-state index in [2.05, 4.69) is 0 Å². The van der Waals surface area contributed by atoms with Gasteiger partial charge in [0.25, 0.3) is 0 Å². The molecule has 1 atom stereocenters. The highest BCUT2D eigenvalue weighted by atomic mass is 35.5. The van der Waals surface area contributed by atoms with Crippen molar-refractivity contribution in [3.05, 3.63) is 0 Å². The van der Waals surface area contributed by atoms with Gasteiger partial charge in [-0.15, -0.1) is 12.4 Å².